The van der Waals surface area contributed by atoms with Crippen LogP contribution in [0.3, 0.4) is 0 Å². The van der Waals surface area contributed by atoms with Crippen molar-refractivity contribution in [1.29, 1.82) is 0 Å². The van der Waals surface area contributed by atoms with Crippen molar-refractivity contribution in [3.8, 4) is 0 Å². The summed E-state index contributed by atoms with van der Waals surface area (Å²) in [5, 5.41) is 5.42. The number of carbonyl (C=O) groups excluding carboxylic acids is 1. The third-order valence-corrected chi connectivity index (χ3v) is 2.99. The lowest BCUT2D eigenvalue weighted by molar-refractivity contribution is -0.119. The lowest BCUT2D eigenvalue weighted by Crippen LogP contribution is -2.32. The Balaban J connectivity index is 2.48. The molecule has 0 aromatic heterocycles. The van der Waals surface area contributed by atoms with Gasteiger partial charge in [0.1, 0.15) is 5.82 Å². The van der Waals surface area contributed by atoms with E-state index in [4.69, 9.17) is 10.5 Å². The maximum absolute atomic E-state index is 13.3. The number of methoxy groups -OCH3 is 1. The molecule has 4 N–H and O–H groups in total. The second kappa shape index (κ2) is 7.37. The molecule has 0 radical (unpaired) electrons. The van der Waals surface area contributed by atoms with Gasteiger partial charge in [0.15, 0.2) is 0 Å². The Bertz CT molecular complexity index is 429. The van der Waals surface area contributed by atoms with Gasteiger partial charge in [-0.3, -0.25) is 4.79 Å². The van der Waals surface area contributed by atoms with E-state index in [0.717, 1.165) is 0 Å². The van der Waals surface area contributed by atoms with Crippen LogP contribution in [-0.4, -0.2) is 32.7 Å². The Kier molecular flexibility index (Phi) is 6.13. The lowest BCUT2D eigenvalue weighted by Gasteiger charge is -2.10. The smallest absolute Gasteiger partial charge is 0.239 e. The molecule has 1 amide bonds. The molecule has 1 aromatic rings. The first kappa shape index (κ1) is 15.0. The zero-order valence-electron chi connectivity index (χ0n) is 9.93. The van der Waals surface area contributed by atoms with Gasteiger partial charge in [-0.05, 0) is 28.7 Å². The summed E-state index contributed by atoms with van der Waals surface area (Å²) in [5.74, 6) is -0.572. The summed E-state index contributed by atoms with van der Waals surface area (Å²) < 4.78 is 18.6. The van der Waals surface area contributed by atoms with E-state index in [2.05, 4.69) is 10.6 Å². The van der Waals surface area contributed by atoms with E-state index in [1.54, 1.807) is 7.11 Å². The number of nitrogen functional groups attached to an aromatic ring is 1. The molecule has 0 aliphatic heterocycles. The summed E-state index contributed by atoms with van der Waals surface area (Å²) in [6.07, 6.45) is 0. The van der Waals surface area contributed by atoms with Crippen molar-refractivity contribution in [2.45, 2.75) is 0 Å². The summed E-state index contributed by atoms with van der Waals surface area (Å²) in [7, 11) is 1.56. The number of nitrogens with two attached hydrogens (primary N) is 1. The monoisotopic (exact) mass is 367 g/mol. The molecule has 0 aliphatic rings. The van der Waals surface area contributed by atoms with Gasteiger partial charge in [0, 0.05) is 19.7 Å². The molecule has 5 nitrogen and oxygen atoms in total. The number of hydrogen-bond acceptors (Lipinski definition) is 4. The summed E-state index contributed by atoms with van der Waals surface area (Å²) in [4.78, 5) is 11.4. The van der Waals surface area contributed by atoms with E-state index in [0.29, 0.717) is 28.1 Å². The third-order valence-electron chi connectivity index (χ3n) is 2.16. The van der Waals surface area contributed by atoms with Gasteiger partial charge in [0.05, 0.1) is 28.1 Å². The number of halogens is 2. The first-order valence-electron chi connectivity index (χ1n) is 5.28. The molecule has 0 unspecified atom stereocenters. The highest BCUT2D eigenvalue weighted by atomic mass is 127. The van der Waals surface area contributed by atoms with Gasteiger partial charge < -0.3 is 21.1 Å². The fourth-order valence-electron chi connectivity index (χ4n) is 1.25. The summed E-state index contributed by atoms with van der Waals surface area (Å²) in [6.45, 7) is 0.924. The zero-order chi connectivity index (χ0) is 13.5. The van der Waals surface area contributed by atoms with Gasteiger partial charge in [-0.2, -0.15) is 0 Å². The summed E-state index contributed by atoms with van der Waals surface area (Å²) in [5.41, 5.74) is 6.53. The van der Waals surface area contributed by atoms with Crippen LogP contribution >= 0.6 is 22.6 Å². The molecule has 0 bridgehead atoms. The highest BCUT2D eigenvalue weighted by Crippen LogP contribution is 2.23. The van der Waals surface area contributed by atoms with E-state index >= 15 is 0 Å². The number of rotatable bonds is 6. The molecule has 18 heavy (non-hydrogen) atoms. The van der Waals surface area contributed by atoms with Crippen molar-refractivity contribution in [2.24, 2.45) is 0 Å². The first-order valence-corrected chi connectivity index (χ1v) is 6.36. The predicted octanol–water partition coefficient (Wildman–Crippen LogP) is 1.19. The number of ether oxygens (including phenoxy) is 1. The molecule has 0 fully saturated rings. The molecule has 1 rings (SSSR count). The van der Waals surface area contributed by atoms with Gasteiger partial charge in [0.25, 0.3) is 0 Å². The Morgan fingerprint density at radius 2 is 2.28 bits per heavy atom. The van der Waals surface area contributed by atoms with E-state index in [1.165, 1.54) is 12.1 Å². The fourth-order valence-corrected chi connectivity index (χ4v) is 1.74. The maximum Gasteiger partial charge on any atom is 0.239 e. The molecule has 0 atom stereocenters. The van der Waals surface area contributed by atoms with Crippen LogP contribution in [0.2, 0.25) is 0 Å². The average Bonchev–Trinajstić information content (AvgIpc) is 2.32. The lowest BCUT2D eigenvalue weighted by atomic mass is 10.2. The number of amides is 1. The first-order chi connectivity index (χ1) is 8.54. The molecule has 0 spiro atoms. The Morgan fingerprint density at radius 1 is 1.56 bits per heavy atom. The van der Waals surface area contributed by atoms with Crippen LogP contribution in [0.15, 0.2) is 12.1 Å². The fraction of sp³-hybridized carbons (Fsp3) is 0.364. The summed E-state index contributed by atoms with van der Waals surface area (Å²) in [6, 6.07) is 2.79. The number of benzene rings is 1. The minimum Gasteiger partial charge on any atom is -0.397 e. The molecule has 0 heterocycles. The Hall–Kier alpha value is -1.09. The minimum atomic E-state index is -0.368. The van der Waals surface area contributed by atoms with Crippen LogP contribution < -0.4 is 16.4 Å². The quantitative estimate of drug-likeness (QED) is 0.401. The van der Waals surface area contributed by atoms with Gasteiger partial charge >= 0.3 is 0 Å². The van der Waals surface area contributed by atoms with Crippen LogP contribution in [0.5, 0.6) is 0 Å². The van der Waals surface area contributed by atoms with E-state index in [9.17, 15) is 9.18 Å². The van der Waals surface area contributed by atoms with Gasteiger partial charge in [-0.25, -0.2) is 4.39 Å². The van der Waals surface area contributed by atoms with Crippen molar-refractivity contribution in [2.75, 3.05) is 37.9 Å². The molecule has 1 aromatic carbocycles. The Labute approximate surface area is 118 Å². The average molecular weight is 367 g/mol. The predicted molar refractivity (Wildman–Crippen MR) is 76.9 cm³/mol. The maximum atomic E-state index is 13.3. The van der Waals surface area contributed by atoms with E-state index in [-0.39, 0.29) is 18.3 Å². The zero-order valence-corrected chi connectivity index (χ0v) is 12.1. The number of anilines is 2. The van der Waals surface area contributed by atoms with Crippen LogP contribution in [0.4, 0.5) is 15.8 Å². The number of hydrogen-bond donors (Lipinski definition) is 3. The second-order valence-corrected chi connectivity index (χ2v) is 4.71. The normalized spacial score (nSPS) is 10.2. The van der Waals surface area contributed by atoms with Crippen molar-refractivity contribution in [3.63, 3.8) is 0 Å². The highest BCUT2D eigenvalue weighted by Gasteiger charge is 2.07. The minimum absolute atomic E-state index is 0.0357. The van der Waals surface area contributed by atoms with Crippen molar-refractivity contribution in [3.05, 3.63) is 21.5 Å². The van der Waals surface area contributed by atoms with Crippen LogP contribution in [-0.2, 0) is 9.53 Å². The van der Waals surface area contributed by atoms with Crippen molar-refractivity contribution < 1.29 is 13.9 Å². The molecule has 0 saturated carbocycles. The molecule has 0 aliphatic carbocycles. The third kappa shape index (κ3) is 4.65. The standard InChI is InChI=1S/C11H15FIN3O2/c1-18-3-2-15-11(17)6-16-10-4-7(12)8(13)5-9(10)14/h4-5,16H,2-3,6,14H2,1H3,(H,15,17). The molecule has 0 saturated heterocycles. The van der Waals surface area contributed by atoms with E-state index in [1.807, 2.05) is 22.6 Å². The van der Waals surface area contributed by atoms with Crippen LogP contribution in [0, 0.1) is 9.39 Å². The summed E-state index contributed by atoms with van der Waals surface area (Å²) >= 11 is 1.85. The highest BCUT2D eigenvalue weighted by molar-refractivity contribution is 14.1. The molecular formula is C11H15FIN3O2. The SMILES string of the molecule is COCCNC(=O)CNc1cc(F)c(I)cc1N. The second-order valence-electron chi connectivity index (χ2n) is 3.55. The molecular weight excluding hydrogens is 352 g/mol. The molecule has 100 valence electrons. The van der Waals surface area contributed by atoms with Gasteiger partial charge in [-0.1, -0.05) is 0 Å². The van der Waals surface area contributed by atoms with Crippen LogP contribution in [0.1, 0.15) is 0 Å². The van der Waals surface area contributed by atoms with Crippen molar-refractivity contribution >= 4 is 39.9 Å². The van der Waals surface area contributed by atoms with Crippen molar-refractivity contribution in [1.82, 2.24) is 5.32 Å². The van der Waals surface area contributed by atoms with E-state index < -0.39 is 0 Å². The topological polar surface area (TPSA) is 76.4 Å². The van der Waals surface area contributed by atoms with Gasteiger partial charge in [-0.15, -0.1) is 0 Å². The molecule has 7 heteroatoms. The van der Waals surface area contributed by atoms with Crippen LogP contribution in [0.25, 0.3) is 0 Å². The van der Waals surface area contributed by atoms with Gasteiger partial charge in [0.2, 0.25) is 5.91 Å². The number of carbonyl (C=O) groups is 1. The Morgan fingerprint density at radius 3 is 2.94 bits per heavy atom. The number of nitrogens with one attached hydrogen (secondary N) is 2. The largest absolute Gasteiger partial charge is 0.397 e.